The molecule has 2 heterocycles. The third-order valence-corrected chi connectivity index (χ3v) is 4.03. The normalized spacial score (nSPS) is 21.3. The van der Waals surface area contributed by atoms with Crippen LogP contribution < -0.4 is 4.90 Å². The van der Waals surface area contributed by atoms with Gasteiger partial charge in [-0.25, -0.2) is 0 Å². The lowest BCUT2D eigenvalue weighted by atomic mass is 9.87. The van der Waals surface area contributed by atoms with Gasteiger partial charge in [-0.2, -0.15) is 5.26 Å². The van der Waals surface area contributed by atoms with Gasteiger partial charge in [-0.3, -0.25) is 4.98 Å². The van der Waals surface area contributed by atoms with Crippen LogP contribution in [0.4, 0.5) is 5.69 Å². The first-order chi connectivity index (χ1) is 8.53. The van der Waals surface area contributed by atoms with Crippen LogP contribution in [0.1, 0.15) is 29.8 Å². The highest BCUT2D eigenvalue weighted by Crippen LogP contribution is 2.46. The van der Waals surface area contributed by atoms with Gasteiger partial charge < -0.3 is 10.0 Å². The second-order valence-corrected chi connectivity index (χ2v) is 5.59. The van der Waals surface area contributed by atoms with E-state index in [0.717, 1.165) is 29.9 Å². The SMILES string of the molecule is Cc1cc(N2CC(O)(C3CC3)C2)c(C#N)c(C)n1. The molecular weight excluding hydrogens is 226 g/mol. The maximum atomic E-state index is 10.3. The van der Waals surface area contributed by atoms with Gasteiger partial charge in [0.2, 0.25) is 0 Å². The van der Waals surface area contributed by atoms with Crippen molar-refractivity contribution in [2.24, 2.45) is 5.92 Å². The molecular formula is C14H17N3O. The topological polar surface area (TPSA) is 60.1 Å². The first kappa shape index (κ1) is 11.5. The van der Waals surface area contributed by atoms with E-state index in [1.165, 1.54) is 0 Å². The molecule has 4 heteroatoms. The second kappa shape index (κ2) is 3.69. The highest BCUT2D eigenvalue weighted by atomic mass is 16.3. The van der Waals surface area contributed by atoms with E-state index in [0.29, 0.717) is 24.6 Å². The molecule has 2 fully saturated rings. The summed E-state index contributed by atoms with van der Waals surface area (Å²) in [5.74, 6) is 0.475. The summed E-state index contributed by atoms with van der Waals surface area (Å²) in [6.07, 6.45) is 2.29. The highest BCUT2D eigenvalue weighted by molar-refractivity contribution is 5.63. The number of pyridine rings is 1. The van der Waals surface area contributed by atoms with Gasteiger partial charge in [0.15, 0.2) is 0 Å². The van der Waals surface area contributed by atoms with Gasteiger partial charge in [0.25, 0.3) is 0 Å². The zero-order chi connectivity index (χ0) is 12.9. The van der Waals surface area contributed by atoms with Crippen molar-refractivity contribution in [3.63, 3.8) is 0 Å². The zero-order valence-electron chi connectivity index (χ0n) is 10.8. The lowest BCUT2D eigenvalue weighted by molar-refractivity contribution is -0.00934. The summed E-state index contributed by atoms with van der Waals surface area (Å²) in [5.41, 5.74) is 2.74. The Labute approximate surface area is 107 Å². The van der Waals surface area contributed by atoms with Crippen LogP contribution in [0.25, 0.3) is 0 Å². The molecule has 1 aromatic rings. The van der Waals surface area contributed by atoms with Crippen LogP contribution in [0, 0.1) is 31.1 Å². The maximum absolute atomic E-state index is 10.3. The minimum atomic E-state index is -0.516. The first-order valence-corrected chi connectivity index (χ1v) is 6.39. The second-order valence-electron chi connectivity index (χ2n) is 5.59. The van der Waals surface area contributed by atoms with Gasteiger partial charge in [-0.1, -0.05) is 0 Å². The molecule has 0 radical (unpaired) electrons. The summed E-state index contributed by atoms with van der Waals surface area (Å²) in [6.45, 7) is 5.09. The van der Waals surface area contributed by atoms with E-state index in [1.54, 1.807) is 0 Å². The molecule has 2 aliphatic rings. The van der Waals surface area contributed by atoms with Crippen molar-refractivity contribution in [1.82, 2.24) is 4.98 Å². The molecule has 94 valence electrons. The van der Waals surface area contributed by atoms with Crippen molar-refractivity contribution in [3.8, 4) is 6.07 Å². The smallest absolute Gasteiger partial charge is 0.103 e. The van der Waals surface area contributed by atoms with E-state index in [4.69, 9.17) is 0 Å². The zero-order valence-corrected chi connectivity index (χ0v) is 10.8. The van der Waals surface area contributed by atoms with Gasteiger partial charge in [-0.15, -0.1) is 0 Å². The summed E-state index contributed by atoms with van der Waals surface area (Å²) in [7, 11) is 0. The van der Waals surface area contributed by atoms with Crippen LogP contribution >= 0.6 is 0 Å². The molecule has 1 saturated heterocycles. The van der Waals surface area contributed by atoms with E-state index < -0.39 is 5.60 Å². The van der Waals surface area contributed by atoms with Crippen molar-refractivity contribution in [2.45, 2.75) is 32.3 Å². The monoisotopic (exact) mass is 243 g/mol. The lowest BCUT2D eigenvalue weighted by Crippen LogP contribution is -2.63. The van der Waals surface area contributed by atoms with Gasteiger partial charge >= 0.3 is 0 Å². The number of anilines is 1. The van der Waals surface area contributed by atoms with E-state index in [2.05, 4.69) is 16.0 Å². The van der Waals surface area contributed by atoms with Gasteiger partial charge in [0.1, 0.15) is 11.7 Å². The van der Waals surface area contributed by atoms with Crippen LogP contribution in [0.15, 0.2) is 6.07 Å². The molecule has 0 atom stereocenters. The molecule has 1 N–H and O–H groups in total. The van der Waals surface area contributed by atoms with Crippen molar-refractivity contribution >= 4 is 5.69 Å². The Morgan fingerprint density at radius 2 is 2.11 bits per heavy atom. The number of rotatable bonds is 2. The molecule has 0 amide bonds. The fourth-order valence-electron chi connectivity index (χ4n) is 2.86. The number of aliphatic hydroxyl groups is 1. The summed E-state index contributed by atoms with van der Waals surface area (Å²) < 4.78 is 0. The van der Waals surface area contributed by atoms with Crippen molar-refractivity contribution in [1.29, 1.82) is 5.26 Å². The highest BCUT2D eigenvalue weighted by Gasteiger charge is 2.52. The molecule has 1 saturated carbocycles. The lowest BCUT2D eigenvalue weighted by Gasteiger charge is -2.48. The maximum Gasteiger partial charge on any atom is 0.103 e. The minimum absolute atomic E-state index is 0.475. The van der Waals surface area contributed by atoms with Gasteiger partial charge in [-0.05, 0) is 38.7 Å². The van der Waals surface area contributed by atoms with Crippen LogP contribution in [-0.2, 0) is 0 Å². The predicted octanol–water partition coefficient (Wildman–Crippen LogP) is 1.53. The average molecular weight is 243 g/mol. The predicted molar refractivity (Wildman–Crippen MR) is 68.3 cm³/mol. The Morgan fingerprint density at radius 1 is 1.44 bits per heavy atom. The summed E-state index contributed by atoms with van der Waals surface area (Å²) in [5, 5.41) is 19.6. The van der Waals surface area contributed by atoms with Crippen molar-refractivity contribution in [2.75, 3.05) is 18.0 Å². The Bertz CT molecular complexity index is 537. The quantitative estimate of drug-likeness (QED) is 0.855. The van der Waals surface area contributed by atoms with Gasteiger partial charge in [0, 0.05) is 18.8 Å². The minimum Gasteiger partial charge on any atom is -0.386 e. The molecule has 4 nitrogen and oxygen atoms in total. The molecule has 0 bridgehead atoms. The number of hydrogen-bond donors (Lipinski definition) is 1. The van der Waals surface area contributed by atoms with Gasteiger partial charge in [0.05, 0.1) is 16.9 Å². The molecule has 1 aromatic heterocycles. The van der Waals surface area contributed by atoms with E-state index in [9.17, 15) is 10.4 Å². The Kier molecular flexibility index (Phi) is 2.36. The molecule has 0 spiro atoms. The van der Waals surface area contributed by atoms with E-state index >= 15 is 0 Å². The van der Waals surface area contributed by atoms with Crippen LogP contribution in [0.5, 0.6) is 0 Å². The Morgan fingerprint density at radius 3 is 2.67 bits per heavy atom. The number of aromatic nitrogens is 1. The Balaban J connectivity index is 1.88. The van der Waals surface area contributed by atoms with E-state index in [1.807, 2.05) is 19.9 Å². The van der Waals surface area contributed by atoms with Crippen molar-refractivity contribution < 1.29 is 5.11 Å². The Hall–Kier alpha value is -1.60. The number of nitrogens with zero attached hydrogens (tertiary/aromatic N) is 3. The van der Waals surface area contributed by atoms with E-state index in [-0.39, 0.29) is 0 Å². The van der Waals surface area contributed by atoms with Crippen LogP contribution in [0.3, 0.4) is 0 Å². The average Bonchev–Trinajstić information content (AvgIpc) is 3.07. The molecule has 18 heavy (non-hydrogen) atoms. The first-order valence-electron chi connectivity index (χ1n) is 6.39. The molecule has 3 rings (SSSR count). The molecule has 1 aliphatic heterocycles. The number of hydrogen-bond acceptors (Lipinski definition) is 4. The summed E-state index contributed by atoms with van der Waals surface area (Å²) in [4.78, 5) is 6.41. The largest absolute Gasteiger partial charge is 0.386 e. The fraction of sp³-hybridized carbons (Fsp3) is 0.571. The number of β-amino-alcohol motifs (C(OH)–C–C–N with tert-alkyl or cyclic N) is 1. The van der Waals surface area contributed by atoms with Crippen LogP contribution in [-0.4, -0.2) is 28.8 Å². The van der Waals surface area contributed by atoms with Crippen LogP contribution in [0.2, 0.25) is 0 Å². The molecule has 0 unspecified atom stereocenters. The van der Waals surface area contributed by atoms with Crippen molar-refractivity contribution in [3.05, 3.63) is 23.0 Å². The number of aryl methyl sites for hydroxylation is 2. The fourth-order valence-corrected chi connectivity index (χ4v) is 2.86. The summed E-state index contributed by atoms with van der Waals surface area (Å²) in [6, 6.07) is 4.17. The third kappa shape index (κ3) is 1.67. The number of nitriles is 1. The standard InChI is InChI=1S/C14H17N3O/c1-9-5-13(12(6-15)10(2)16-9)17-7-14(18,8-17)11-3-4-11/h5,11,18H,3-4,7-8H2,1-2H3. The summed E-state index contributed by atoms with van der Waals surface area (Å²) >= 11 is 0. The molecule has 0 aromatic carbocycles. The third-order valence-electron chi connectivity index (χ3n) is 4.03. The molecule has 1 aliphatic carbocycles.